The molecule has 0 bridgehead atoms. The molecule has 0 aromatic heterocycles. The summed E-state index contributed by atoms with van der Waals surface area (Å²) < 4.78 is 0. The Morgan fingerprint density at radius 1 is 1.38 bits per heavy atom. The monoisotopic (exact) mass is 201 g/mol. The molecule has 0 saturated carbocycles. The van der Waals surface area contributed by atoms with Crippen LogP contribution in [0.25, 0.3) is 0 Å². The first-order valence-corrected chi connectivity index (χ1v) is 6.78. The summed E-state index contributed by atoms with van der Waals surface area (Å²) >= 11 is 1.98. The molecule has 1 rings (SSSR count). The van der Waals surface area contributed by atoms with Crippen LogP contribution in [0.4, 0.5) is 0 Å². The van der Waals surface area contributed by atoms with Crippen LogP contribution in [0.15, 0.2) is 0 Å². The van der Waals surface area contributed by atoms with Crippen molar-refractivity contribution < 1.29 is 0 Å². The van der Waals surface area contributed by atoms with Crippen molar-refractivity contribution >= 4 is 11.8 Å². The third-order valence-electron chi connectivity index (χ3n) is 2.90. The lowest BCUT2D eigenvalue weighted by molar-refractivity contribution is 0.118. The van der Waals surface area contributed by atoms with E-state index < -0.39 is 0 Å². The number of hydrogen-bond donors (Lipinski definition) is 1. The summed E-state index contributed by atoms with van der Waals surface area (Å²) in [7, 11) is 0. The van der Waals surface area contributed by atoms with E-state index in [-0.39, 0.29) is 0 Å². The molecule has 1 nitrogen and oxygen atoms in total. The molecule has 0 aromatic rings. The van der Waals surface area contributed by atoms with Gasteiger partial charge in [-0.3, -0.25) is 0 Å². The van der Waals surface area contributed by atoms with Crippen molar-refractivity contribution in [3.05, 3.63) is 0 Å². The Labute approximate surface area is 87.1 Å². The maximum atomic E-state index is 3.43. The minimum atomic E-state index is 0.671. The highest BCUT2D eigenvalue weighted by molar-refractivity contribution is 7.98. The molecule has 1 aliphatic rings. The lowest BCUT2D eigenvalue weighted by Gasteiger charge is -2.44. The van der Waals surface area contributed by atoms with E-state index in [9.17, 15) is 0 Å². The summed E-state index contributed by atoms with van der Waals surface area (Å²) in [6.07, 6.45) is 6.44. The van der Waals surface area contributed by atoms with Gasteiger partial charge in [-0.2, -0.15) is 11.8 Å². The molecule has 2 heteroatoms. The Hall–Kier alpha value is 0.310. The van der Waals surface area contributed by atoms with E-state index in [4.69, 9.17) is 0 Å². The van der Waals surface area contributed by atoms with E-state index >= 15 is 0 Å². The summed E-state index contributed by atoms with van der Waals surface area (Å²) in [5, 5.41) is 3.43. The van der Waals surface area contributed by atoms with Crippen molar-refractivity contribution in [3.63, 3.8) is 0 Å². The molecule has 0 aromatic carbocycles. The average molecular weight is 201 g/mol. The summed E-state index contributed by atoms with van der Waals surface area (Å²) in [6, 6.07) is 0. The second-order valence-electron chi connectivity index (χ2n) is 4.80. The van der Waals surface area contributed by atoms with Crippen LogP contribution >= 0.6 is 11.8 Å². The highest BCUT2D eigenvalue weighted by atomic mass is 32.2. The van der Waals surface area contributed by atoms with Gasteiger partial charge in [0.1, 0.15) is 0 Å². The van der Waals surface area contributed by atoms with Gasteiger partial charge in [-0.1, -0.05) is 13.8 Å². The van der Waals surface area contributed by atoms with Gasteiger partial charge in [0.2, 0.25) is 0 Å². The zero-order chi connectivity index (χ0) is 9.73. The first-order valence-electron chi connectivity index (χ1n) is 5.38. The molecule has 0 spiro atoms. The van der Waals surface area contributed by atoms with E-state index in [1.54, 1.807) is 0 Å². The summed E-state index contributed by atoms with van der Waals surface area (Å²) in [4.78, 5) is 0. The largest absolute Gasteiger partial charge is 0.316 e. The van der Waals surface area contributed by atoms with E-state index in [0.29, 0.717) is 5.41 Å². The lowest BCUT2D eigenvalue weighted by Crippen LogP contribution is -2.54. The maximum Gasteiger partial charge on any atom is 0.00203 e. The number of rotatable bonds is 6. The van der Waals surface area contributed by atoms with Gasteiger partial charge in [0, 0.05) is 13.1 Å². The molecule has 13 heavy (non-hydrogen) atoms. The Bertz CT molecular complexity index is 141. The number of hydrogen-bond acceptors (Lipinski definition) is 2. The first-order chi connectivity index (χ1) is 6.18. The van der Waals surface area contributed by atoms with Crippen LogP contribution in [0.2, 0.25) is 0 Å². The molecule has 1 aliphatic heterocycles. The fraction of sp³-hybridized carbons (Fsp3) is 1.00. The van der Waals surface area contributed by atoms with Crippen LogP contribution in [0.5, 0.6) is 0 Å². The molecule has 0 radical (unpaired) electrons. The third-order valence-corrected chi connectivity index (χ3v) is 3.59. The third kappa shape index (κ3) is 3.51. The molecule has 0 aliphatic carbocycles. The molecular formula is C11H23NS. The van der Waals surface area contributed by atoms with Crippen LogP contribution in [0.3, 0.4) is 0 Å². The highest BCUT2D eigenvalue weighted by Gasteiger charge is 2.36. The van der Waals surface area contributed by atoms with E-state index in [0.717, 1.165) is 5.92 Å². The van der Waals surface area contributed by atoms with Gasteiger partial charge in [0.25, 0.3) is 0 Å². The fourth-order valence-electron chi connectivity index (χ4n) is 2.36. The van der Waals surface area contributed by atoms with Crippen molar-refractivity contribution in [1.82, 2.24) is 5.32 Å². The topological polar surface area (TPSA) is 12.0 Å². The Balaban J connectivity index is 2.23. The van der Waals surface area contributed by atoms with Gasteiger partial charge in [0.05, 0.1) is 0 Å². The quantitative estimate of drug-likeness (QED) is 0.663. The minimum absolute atomic E-state index is 0.671. The normalized spacial score (nSPS) is 20.3. The van der Waals surface area contributed by atoms with Gasteiger partial charge < -0.3 is 5.32 Å². The molecule has 1 heterocycles. The number of thioether (sulfide) groups is 1. The molecule has 1 N–H and O–H groups in total. The van der Waals surface area contributed by atoms with Gasteiger partial charge in [0.15, 0.2) is 0 Å². The summed E-state index contributed by atoms with van der Waals surface area (Å²) in [6.45, 7) is 7.21. The standard InChI is InChI=1S/C11H23NS/c1-10(2)7-11(8-12-9-11)5-4-6-13-3/h10,12H,4-9H2,1-3H3. The van der Waals surface area contributed by atoms with Crippen molar-refractivity contribution in [2.75, 3.05) is 25.1 Å². The second kappa shape index (κ2) is 5.26. The van der Waals surface area contributed by atoms with Crippen LogP contribution in [0.1, 0.15) is 33.1 Å². The zero-order valence-electron chi connectivity index (χ0n) is 9.23. The zero-order valence-corrected chi connectivity index (χ0v) is 10.0. The van der Waals surface area contributed by atoms with Gasteiger partial charge in [-0.05, 0) is 42.6 Å². The summed E-state index contributed by atoms with van der Waals surface area (Å²) in [5.41, 5.74) is 0.671. The summed E-state index contributed by atoms with van der Waals surface area (Å²) in [5.74, 6) is 2.19. The van der Waals surface area contributed by atoms with Crippen LogP contribution < -0.4 is 5.32 Å². The predicted molar refractivity (Wildman–Crippen MR) is 62.4 cm³/mol. The van der Waals surface area contributed by atoms with Crippen LogP contribution in [-0.4, -0.2) is 25.1 Å². The Kier molecular flexibility index (Phi) is 4.60. The first kappa shape index (κ1) is 11.4. The van der Waals surface area contributed by atoms with E-state index in [1.165, 1.54) is 38.1 Å². The van der Waals surface area contributed by atoms with Gasteiger partial charge >= 0.3 is 0 Å². The van der Waals surface area contributed by atoms with E-state index in [2.05, 4.69) is 25.4 Å². The molecule has 1 saturated heterocycles. The molecule has 0 amide bonds. The van der Waals surface area contributed by atoms with Crippen LogP contribution in [-0.2, 0) is 0 Å². The predicted octanol–water partition coefficient (Wildman–Crippen LogP) is 2.77. The SMILES string of the molecule is CSCCCC1(CC(C)C)CNC1. The van der Waals surface area contributed by atoms with Crippen LogP contribution in [0, 0.1) is 11.3 Å². The van der Waals surface area contributed by atoms with Gasteiger partial charge in [-0.15, -0.1) is 0 Å². The second-order valence-corrected chi connectivity index (χ2v) is 5.78. The van der Waals surface area contributed by atoms with Crippen molar-refractivity contribution in [3.8, 4) is 0 Å². The number of nitrogens with one attached hydrogen (secondary N) is 1. The van der Waals surface area contributed by atoms with E-state index in [1.807, 2.05) is 11.8 Å². The lowest BCUT2D eigenvalue weighted by atomic mass is 9.72. The Morgan fingerprint density at radius 2 is 2.08 bits per heavy atom. The van der Waals surface area contributed by atoms with Crippen molar-refractivity contribution in [2.45, 2.75) is 33.1 Å². The molecule has 0 unspecified atom stereocenters. The van der Waals surface area contributed by atoms with Crippen molar-refractivity contribution in [2.24, 2.45) is 11.3 Å². The smallest absolute Gasteiger partial charge is 0.00203 e. The van der Waals surface area contributed by atoms with Crippen molar-refractivity contribution in [1.29, 1.82) is 0 Å². The fourth-order valence-corrected chi connectivity index (χ4v) is 2.79. The highest BCUT2D eigenvalue weighted by Crippen LogP contribution is 2.35. The molecular weight excluding hydrogens is 178 g/mol. The van der Waals surface area contributed by atoms with Gasteiger partial charge in [-0.25, -0.2) is 0 Å². The molecule has 78 valence electrons. The minimum Gasteiger partial charge on any atom is -0.316 e. The molecule has 0 atom stereocenters. The maximum absolute atomic E-state index is 3.43. The molecule has 1 fully saturated rings. The Morgan fingerprint density at radius 3 is 2.46 bits per heavy atom. The average Bonchev–Trinajstić information content (AvgIpc) is 1.99.